The SMILES string of the molecule is O=C(O)C1CCC(=O)N1Cc1ccn(C2CCCCC2)n1. The van der Waals surface area contributed by atoms with Crippen LogP contribution in [0.25, 0.3) is 0 Å². The number of carbonyl (C=O) groups excluding carboxylic acids is 1. The third-order valence-electron chi connectivity index (χ3n) is 4.56. The highest BCUT2D eigenvalue weighted by atomic mass is 16.4. The molecule has 1 saturated heterocycles. The Hall–Kier alpha value is -1.85. The molecule has 21 heavy (non-hydrogen) atoms. The molecule has 1 unspecified atom stereocenters. The van der Waals surface area contributed by atoms with Crippen molar-refractivity contribution in [2.24, 2.45) is 0 Å². The smallest absolute Gasteiger partial charge is 0.326 e. The van der Waals surface area contributed by atoms with E-state index in [1.807, 2.05) is 16.9 Å². The number of amides is 1. The average Bonchev–Trinajstić information content (AvgIpc) is 3.08. The predicted octanol–water partition coefficient (Wildman–Crippen LogP) is 1.96. The fraction of sp³-hybridized carbons (Fsp3) is 0.667. The molecular formula is C15H21N3O3. The number of hydrogen-bond acceptors (Lipinski definition) is 3. The maximum Gasteiger partial charge on any atom is 0.326 e. The minimum atomic E-state index is -0.924. The van der Waals surface area contributed by atoms with Crippen LogP contribution < -0.4 is 0 Å². The zero-order chi connectivity index (χ0) is 14.8. The molecule has 1 N–H and O–H groups in total. The second-order valence-corrected chi connectivity index (χ2v) is 5.99. The van der Waals surface area contributed by atoms with Gasteiger partial charge in [0.1, 0.15) is 6.04 Å². The van der Waals surface area contributed by atoms with Crippen molar-refractivity contribution in [1.29, 1.82) is 0 Å². The second-order valence-electron chi connectivity index (χ2n) is 5.99. The van der Waals surface area contributed by atoms with Gasteiger partial charge in [-0.3, -0.25) is 9.48 Å². The molecular weight excluding hydrogens is 270 g/mol. The van der Waals surface area contributed by atoms with E-state index in [9.17, 15) is 9.59 Å². The van der Waals surface area contributed by atoms with Gasteiger partial charge in [0.2, 0.25) is 5.91 Å². The van der Waals surface area contributed by atoms with Gasteiger partial charge in [-0.1, -0.05) is 19.3 Å². The molecule has 1 amide bonds. The van der Waals surface area contributed by atoms with Gasteiger partial charge < -0.3 is 10.0 Å². The van der Waals surface area contributed by atoms with Crippen LogP contribution in [0.5, 0.6) is 0 Å². The Morgan fingerprint density at radius 2 is 2.05 bits per heavy atom. The van der Waals surface area contributed by atoms with Crippen molar-refractivity contribution in [2.75, 3.05) is 0 Å². The van der Waals surface area contributed by atoms with Crippen LogP contribution in [0.1, 0.15) is 56.7 Å². The van der Waals surface area contributed by atoms with E-state index in [1.165, 1.54) is 24.2 Å². The maximum absolute atomic E-state index is 11.8. The van der Waals surface area contributed by atoms with Crippen molar-refractivity contribution in [3.8, 4) is 0 Å². The van der Waals surface area contributed by atoms with Crippen LogP contribution >= 0.6 is 0 Å². The Morgan fingerprint density at radius 1 is 1.29 bits per heavy atom. The maximum atomic E-state index is 11.8. The highest BCUT2D eigenvalue weighted by Crippen LogP contribution is 2.28. The Morgan fingerprint density at radius 3 is 2.76 bits per heavy atom. The van der Waals surface area contributed by atoms with Gasteiger partial charge in [0.25, 0.3) is 0 Å². The highest BCUT2D eigenvalue weighted by Gasteiger charge is 2.36. The van der Waals surface area contributed by atoms with E-state index in [0.717, 1.165) is 18.5 Å². The summed E-state index contributed by atoms with van der Waals surface area (Å²) in [5.41, 5.74) is 0.780. The number of carboxylic acids is 1. The number of hydrogen-bond donors (Lipinski definition) is 1. The summed E-state index contributed by atoms with van der Waals surface area (Å²) >= 11 is 0. The van der Waals surface area contributed by atoms with E-state index in [-0.39, 0.29) is 5.91 Å². The number of likely N-dealkylation sites (tertiary alicyclic amines) is 1. The zero-order valence-electron chi connectivity index (χ0n) is 12.1. The Labute approximate surface area is 123 Å². The summed E-state index contributed by atoms with van der Waals surface area (Å²) in [5, 5.41) is 13.7. The molecule has 1 saturated carbocycles. The van der Waals surface area contributed by atoms with Gasteiger partial charge in [-0.05, 0) is 25.3 Å². The molecule has 1 atom stereocenters. The average molecular weight is 291 g/mol. The summed E-state index contributed by atoms with van der Waals surface area (Å²) in [6, 6.07) is 1.66. The summed E-state index contributed by atoms with van der Waals surface area (Å²) in [4.78, 5) is 24.5. The molecule has 0 bridgehead atoms. The van der Waals surface area contributed by atoms with Gasteiger partial charge in [0.05, 0.1) is 18.3 Å². The lowest BCUT2D eigenvalue weighted by Gasteiger charge is -2.22. The van der Waals surface area contributed by atoms with E-state index in [0.29, 0.717) is 25.4 Å². The van der Waals surface area contributed by atoms with Crippen molar-refractivity contribution in [2.45, 2.75) is 63.6 Å². The first-order chi connectivity index (χ1) is 10.1. The fourth-order valence-electron chi connectivity index (χ4n) is 3.37. The van der Waals surface area contributed by atoms with Crippen LogP contribution in [0.2, 0.25) is 0 Å². The molecule has 1 aromatic rings. The van der Waals surface area contributed by atoms with E-state index < -0.39 is 12.0 Å². The third-order valence-corrected chi connectivity index (χ3v) is 4.56. The van der Waals surface area contributed by atoms with Crippen LogP contribution in [-0.2, 0) is 16.1 Å². The van der Waals surface area contributed by atoms with Gasteiger partial charge in [-0.15, -0.1) is 0 Å². The summed E-state index contributed by atoms with van der Waals surface area (Å²) in [6.07, 6.45) is 8.77. The molecule has 6 heteroatoms. The first kappa shape index (κ1) is 14.1. The molecule has 0 radical (unpaired) electrons. The van der Waals surface area contributed by atoms with Crippen molar-refractivity contribution in [1.82, 2.24) is 14.7 Å². The van der Waals surface area contributed by atoms with E-state index in [4.69, 9.17) is 5.11 Å². The number of aliphatic carboxylic acids is 1. The van der Waals surface area contributed by atoms with Crippen LogP contribution in [0.3, 0.4) is 0 Å². The predicted molar refractivity (Wildman–Crippen MR) is 75.6 cm³/mol. The van der Waals surface area contributed by atoms with Crippen LogP contribution in [0, 0.1) is 0 Å². The number of nitrogens with zero attached hydrogens (tertiary/aromatic N) is 3. The normalized spacial score (nSPS) is 23.7. The van der Waals surface area contributed by atoms with E-state index in [2.05, 4.69) is 5.10 Å². The third kappa shape index (κ3) is 2.94. The number of aromatic nitrogens is 2. The molecule has 6 nitrogen and oxygen atoms in total. The van der Waals surface area contributed by atoms with E-state index in [1.54, 1.807) is 0 Å². The van der Waals surface area contributed by atoms with Crippen molar-refractivity contribution < 1.29 is 14.7 Å². The monoisotopic (exact) mass is 291 g/mol. The lowest BCUT2D eigenvalue weighted by Crippen LogP contribution is -2.38. The van der Waals surface area contributed by atoms with Crippen molar-refractivity contribution in [3.05, 3.63) is 18.0 Å². The number of rotatable bonds is 4. The van der Waals surface area contributed by atoms with Gasteiger partial charge in [0, 0.05) is 12.6 Å². The van der Waals surface area contributed by atoms with Crippen LogP contribution in [0.15, 0.2) is 12.3 Å². The molecule has 114 valence electrons. The lowest BCUT2D eigenvalue weighted by atomic mass is 9.96. The minimum Gasteiger partial charge on any atom is -0.480 e. The van der Waals surface area contributed by atoms with Crippen molar-refractivity contribution >= 4 is 11.9 Å². The van der Waals surface area contributed by atoms with Crippen LogP contribution in [-0.4, -0.2) is 37.7 Å². The first-order valence-electron chi connectivity index (χ1n) is 7.71. The second kappa shape index (κ2) is 5.87. The van der Waals surface area contributed by atoms with Crippen molar-refractivity contribution in [3.63, 3.8) is 0 Å². The molecule has 1 aliphatic heterocycles. The molecule has 2 aliphatic rings. The molecule has 1 aliphatic carbocycles. The zero-order valence-corrected chi connectivity index (χ0v) is 12.1. The highest BCUT2D eigenvalue weighted by molar-refractivity contribution is 5.87. The van der Waals surface area contributed by atoms with Gasteiger partial charge in [0.15, 0.2) is 0 Å². The number of carbonyl (C=O) groups is 2. The van der Waals surface area contributed by atoms with Gasteiger partial charge in [-0.2, -0.15) is 5.10 Å². The van der Waals surface area contributed by atoms with Crippen LogP contribution in [0.4, 0.5) is 0 Å². The van der Waals surface area contributed by atoms with E-state index >= 15 is 0 Å². The summed E-state index contributed by atoms with van der Waals surface area (Å²) in [5.74, 6) is -1.01. The quantitative estimate of drug-likeness (QED) is 0.920. The topological polar surface area (TPSA) is 75.4 Å². The first-order valence-corrected chi connectivity index (χ1v) is 7.71. The Kier molecular flexibility index (Phi) is 3.94. The lowest BCUT2D eigenvalue weighted by molar-refractivity contribution is -0.146. The molecule has 0 aromatic carbocycles. The minimum absolute atomic E-state index is 0.0883. The summed E-state index contributed by atoms with van der Waals surface area (Å²) in [6.45, 7) is 0.301. The summed E-state index contributed by atoms with van der Waals surface area (Å²) in [7, 11) is 0. The standard InChI is InChI=1S/C15H21N3O3/c19-14-7-6-13(15(20)21)17(14)10-11-8-9-18(16-11)12-4-2-1-3-5-12/h8-9,12-13H,1-7,10H2,(H,20,21). The molecule has 3 rings (SSSR count). The number of carboxylic acid groups (broad SMARTS) is 1. The molecule has 2 fully saturated rings. The fourth-order valence-corrected chi connectivity index (χ4v) is 3.37. The summed E-state index contributed by atoms with van der Waals surface area (Å²) < 4.78 is 1.99. The Bertz CT molecular complexity index is 534. The molecule has 1 aromatic heterocycles. The van der Waals surface area contributed by atoms with Gasteiger partial charge >= 0.3 is 5.97 Å². The Balaban J connectivity index is 1.68. The largest absolute Gasteiger partial charge is 0.480 e. The van der Waals surface area contributed by atoms with Gasteiger partial charge in [-0.25, -0.2) is 4.79 Å². The molecule has 0 spiro atoms. The molecule has 2 heterocycles.